The first-order valence-electron chi connectivity index (χ1n) is 9.04. The molecule has 1 aromatic heterocycles. The van der Waals surface area contributed by atoms with Gasteiger partial charge in [0.05, 0.1) is 11.7 Å². The van der Waals surface area contributed by atoms with E-state index in [0.29, 0.717) is 35.0 Å². The van der Waals surface area contributed by atoms with E-state index in [-0.39, 0.29) is 18.0 Å². The summed E-state index contributed by atoms with van der Waals surface area (Å²) in [5.41, 5.74) is 0.805. The number of aromatic amines is 1. The maximum Gasteiger partial charge on any atom is 0.410 e. The molecule has 0 saturated heterocycles. The topological polar surface area (TPSA) is 94.7 Å². The van der Waals surface area contributed by atoms with Gasteiger partial charge in [-0.3, -0.25) is 0 Å². The van der Waals surface area contributed by atoms with E-state index in [0.717, 1.165) is 0 Å². The molecular weight excluding hydrogens is 386 g/mol. The summed E-state index contributed by atoms with van der Waals surface area (Å²) in [6, 6.07) is 4.22. The van der Waals surface area contributed by atoms with Crippen LogP contribution in [0.15, 0.2) is 24.3 Å². The molecule has 29 heavy (non-hydrogen) atoms. The number of nitrogens with zero attached hydrogens (tertiary/aromatic N) is 1. The van der Waals surface area contributed by atoms with Crippen LogP contribution in [0.25, 0.3) is 16.5 Å². The number of alkyl halides is 2. The minimum atomic E-state index is -3.03. The molecule has 0 fully saturated rings. The number of nitrogens with one attached hydrogen (secondary N) is 1. The van der Waals surface area contributed by atoms with Crippen molar-refractivity contribution in [1.29, 1.82) is 0 Å². The number of rotatable bonds is 4. The number of amides is 1. The van der Waals surface area contributed by atoms with E-state index in [1.54, 1.807) is 32.9 Å². The summed E-state index contributed by atoms with van der Waals surface area (Å²) in [5, 5.41) is 11.5. The molecule has 1 aliphatic rings. The average molecular weight is 407 g/mol. The highest BCUT2D eigenvalue weighted by Crippen LogP contribution is 2.35. The van der Waals surface area contributed by atoms with E-state index in [9.17, 15) is 23.5 Å². The number of hydrogen-bond donors (Lipinski definition) is 1. The van der Waals surface area contributed by atoms with Crippen molar-refractivity contribution in [2.45, 2.75) is 39.4 Å². The second-order valence-electron chi connectivity index (χ2n) is 7.69. The zero-order chi connectivity index (χ0) is 21.3. The van der Waals surface area contributed by atoms with Crippen molar-refractivity contribution in [3.63, 3.8) is 0 Å². The third-order valence-corrected chi connectivity index (χ3v) is 4.36. The Balaban J connectivity index is 1.91. The van der Waals surface area contributed by atoms with Gasteiger partial charge in [0.25, 0.3) is 0 Å². The van der Waals surface area contributed by atoms with Crippen LogP contribution < -0.4 is 9.84 Å². The Bertz CT molecular complexity index is 975. The van der Waals surface area contributed by atoms with Crippen molar-refractivity contribution in [3.8, 4) is 5.75 Å². The molecule has 1 amide bonds. The van der Waals surface area contributed by atoms with Crippen molar-refractivity contribution < 1.29 is 33.0 Å². The average Bonchev–Trinajstić information content (AvgIpc) is 3.02. The van der Waals surface area contributed by atoms with Crippen LogP contribution in [0.5, 0.6) is 5.75 Å². The van der Waals surface area contributed by atoms with Gasteiger partial charge in [0, 0.05) is 29.6 Å². The van der Waals surface area contributed by atoms with Crippen molar-refractivity contribution >= 4 is 28.5 Å². The Morgan fingerprint density at radius 3 is 2.52 bits per heavy atom. The largest absolute Gasteiger partial charge is 0.543 e. The van der Waals surface area contributed by atoms with Crippen LogP contribution in [-0.4, -0.2) is 47.2 Å². The van der Waals surface area contributed by atoms with Crippen LogP contribution in [0.2, 0.25) is 0 Å². The van der Waals surface area contributed by atoms with Gasteiger partial charge < -0.3 is 29.3 Å². The normalized spacial score (nSPS) is 14.8. The van der Waals surface area contributed by atoms with Gasteiger partial charge in [-0.15, -0.1) is 0 Å². The lowest BCUT2D eigenvalue weighted by atomic mass is 9.97. The predicted octanol–water partition coefficient (Wildman–Crippen LogP) is 3.16. The van der Waals surface area contributed by atoms with Crippen LogP contribution >= 0.6 is 0 Å². The molecular formula is C20H21F2N2O5-. The van der Waals surface area contributed by atoms with Gasteiger partial charge in [0.1, 0.15) is 11.4 Å². The Morgan fingerprint density at radius 1 is 1.24 bits per heavy atom. The summed E-state index contributed by atoms with van der Waals surface area (Å²) in [4.78, 5) is 27.5. The zero-order valence-corrected chi connectivity index (χ0v) is 16.3. The number of halogens is 2. The quantitative estimate of drug-likeness (QED) is 0.840. The van der Waals surface area contributed by atoms with E-state index in [1.165, 1.54) is 17.0 Å². The van der Waals surface area contributed by atoms with Gasteiger partial charge in [-0.2, -0.15) is 8.78 Å². The molecule has 1 aromatic carbocycles. The number of carboxylic acid groups (broad SMARTS) is 1. The Kier molecular flexibility index (Phi) is 5.50. The maximum atomic E-state index is 12.9. The van der Waals surface area contributed by atoms with Gasteiger partial charge >= 0.3 is 12.7 Å². The number of carbonyl (C=O) groups excluding carboxylic acids is 2. The third kappa shape index (κ3) is 4.85. The first-order chi connectivity index (χ1) is 13.5. The number of benzene rings is 1. The Morgan fingerprint density at radius 2 is 1.97 bits per heavy atom. The summed E-state index contributed by atoms with van der Waals surface area (Å²) in [7, 11) is 0. The van der Waals surface area contributed by atoms with E-state index < -0.39 is 24.3 Å². The lowest BCUT2D eigenvalue weighted by molar-refractivity contribution is -0.255. The summed E-state index contributed by atoms with van der Waals surface area (Å²) < 4.78 is 35.8. The first-order valence-corrected chi connectivity index (χ1v) is 9.04. The van der Waals surface area contributed by atoms with Gasteiger partial charge in [0.2, 0.25) is 0 Å². The van der Waals surface area contributed by atoms with Crippen LogP contribution in [0, 0.1) is 0 Å². The number of fused-ring (bicyclic) bond motifs is 1. The number of aromatic carboxylic acids is 1. The molecule has 0 aliphatic carbocycles. The molecule has 0 atom stereocenters. The fourth-order valence-corrected chi connectivity index (χ4v) is 3.12. The number of H-pyrrole nitrogens is 1. The van der Waals surface area contributed by atoms with Crippen molar-refractivity contribution in [1.82, 2.24) is 9.88 Å². The Labute approximate surface area is 165 Å². The highest BCUT2D eigenvalue weighted by Gasteiger charge is 2.25. The summed E-state index contributed by atoms with van der Waals surface area (Å²) in [6.45, 7) is 2.89. The predicted molar refractivity (Wildman–Crippen MR) is 99.7 cm³/mol. The van der Waals surface area contributed by atoms with Crippen molar-refractivity contribution in [2.24, 2.45) is 0 Å². The molecule has 9 heteroatoms. The van der Waals surface area contributed by atoms with Gasteiger partial charge in [0.15, 0.2) is 0 Å². The van der Waals surface area contributed by atoms with E-state index in [1.807, 2.05) is 0 Å². The number of ether oxygens (including phenoxy) is 2. The van der Waals surface area contributed by atoms with Gasteiger partial charge in [-0.25, -0.2) is 4.79 Å². The molecule has 1 N–H and O–H groups in total. The molecule has 3 rings (SSSR count). The molecule has 0 spiro atoms. The van der Waals surface area contributed by atoms with E-state index in [4.69, 9.17) is 4.74 Å². The second-order valence-corrected chi connectivity index (χ2v) is 7.69. The molecule has 0 saturated carbocycles. The van der Waals surface area contributed by atoms with Crippen LogP contribution in [0.4, 0.5) is 13.6 Å². The minimum absolute atomic E-state index is 0.0617. The SMILES string of the molecule is CC(C)(C)OC(=O)N1CC=C(c2cc3[nH]c(C(=O)[O-])cc3cc2OC(F)F)CC1. The standard InChI is InChI=1S/C20H22F2N2O5/c1-20(2,3)29-19(27)24-6-4-11(5-7-24)13-10-14-12(8-15(23-14)17(25)26)9-16(13)28-18(21)22/h4,8-10,18,23H,5-7H2,1-3H3,(H,25,26)/p-1. The van der Waals surface area contributed by atoms with Crippen molar-refractivity contribution in [3.05, 3.63) is 35.5 Å². The molecule has 2 heterocycles. The van der Waals surface area contributed by atoms with Crippen molar-refractivity contribution in [2.75, 3.05) is 13.1 Å². The maximum absolute atomic E-state index is 12.9. The number of hydrogen-bond acceptors (Lipinski definition) is 5. The third-order valence-electron chi connectivity index (χ3n) is 4.36. The molecule has 0 bridgehead atoms. The molecule has 2 aromatic rings. The van der Waals surface area contributed by atoms with E-state index in [2.05, 4.69) is 9.72 Å². The van der Waals surface area contributed by atoms with Crippen LogP contribution in [-0.2, 0) is 4.74 Å². The highest BCUT2D eigenvalue weighted by atomic mass is 19.3. The van der Waals surface area contributed by atoms with Gasteiger partial charge in [-0.1, -0.05) is 6.08 Å². The smallest absolute Gasteiger partial charge is 0.410 e. The summed E-state index contributed by atoms with van der Waals surface area (Å²) in [5.74, 6) is -1.46. The van der Waals surface area contributed by atoms with Crippen LogP contribution in [0.1, 0.15) is 43.2 Å². The number of carbonyl (C=O) groups is 2. The molecule has 0 radical (unpaired) electrons. The summed E-state index contributed by atoms with van der Waals surface area (Å²) in [6.07, 6.45) is 1.70. The lowest BCUT2D eigenvalue weighted by Gasteiger charge is -2.30. The molecule has 1 aliphatic heterocycles. The lowest BCUT2D eigenvalue weighted by Crippen LogP contribution is -2.39. The molecule has 0 unspecified atom stereocenters. The highest BCUT2D eigenvalue weighted by molar-refractivity contribution is 5.95. The zero-order valence-electron chi connectivity index (χ0n) is 16.3. The molecule has 7 nitrogen and oxygen atoms in total. The number of aromatic nitrogens is 1. The molecule has 156 valence electrons. The van der Waals surface area contributed by atoms with Crippen LogP contribution in [0.3, 0.4) is 0 Å². The Hall–Kier alpha value is -3.10. The first kappa shape index (κ1) is 20.6. The monoisotopic (exact) mass is 407 g/mol. The second kappa shape index (κ2) is 7.73. The number of carboxylic acids is 1. The minimum Gasteiger partial charge on any atom is -0.543 e. The fourth-order valence-electron chi connectivity index (χ4n) is 3.12. The van der Waals surface area contributed by atoms with Gasteiger partial charge in [-0.05, 0) is 51.0 Å². The van der Waals surface area contributed by atoms with E-state index >= 15 is 0 Å². The summed E-state index contributed by atoms with van der Waals surface area (Å²) >= 11 is 0. The fraction of sp³-hybridized carbons (Fsp3) is 0.400.